The maximum Gasteiger partial charge on any atom is 0.0366 e. The van der Waals surface area contributed by atoms with Crippen molar-refractivity contribution in [1.29, 1.82) is 0 Å². The van der Waals surface area contributed by atoms with Gasteiger partial charge in [0.2, 0.25) is 0 Å². The normalized spacial score (nSPS) is 22.5. The first-order valence-corrected chi connectivity index (χ1v) is 6.86. The van der Waals surface area contributed by atoms with Crippen LogP contribution in [0.2, 0.25) is 0 Å². The van der Waals surface area contributed by atoms with E-state index in [0.29, 0.717) is 5.41 Å². The van der Waals surface area contributed by atoms with Gasteiger partial charge in [-0.2, -0.15) is 0 Å². The molecule has 0 saturated carbocycles. The van der Waals surface area contributed by atoms with E-state index in [1.54, 1.807) is 0 Å². The second-order valence-electron chi connectivity index (χ2n) is 5.65. The van der Waals surface area contributed by atoms with Gasteiger partial charge in [-0.15, -0.1) is 0 Å². The van der Waals surface area contributed by atoms with E-state index < -0.39 is 0 Å². The Morgan fingerprint density at radius 3 is 2.59 bits per heavy atom. The molecule has 1 aromatic carbocycles. The lowest BCUT2D eigenvalue weighted by atomic mass is 9.75. The summed E-state index contributed by atoms with van der Waals surface area (Å²) < 4.78 is 0. The van der Waals surface area contributed by atoms with Gasteiger partial charge in [0.1, 0.15) is 0 Å². The van der Waals surface area contributed by atoms with Crippen LogP contribution in [0.5, 0.6) is 0 Å². The van der Waals surface area contributed by atoms with Crippen molar-refractivity contribution < 1.29 is 0 Å². The molecule has 2 nitrogen and oxygen atoms in total. The van der Waals surface area contributed by atoms with E-state index in [-0.39, 0.29) is 0 Å². The maximum atomic E-state index is 3.44. The minimum Gasteiger partial charge on any atom is -0.371 e. The first-order chi connectivity index (χ1) is 8.31. The SMILES string of the molecule is CCc1ccc(N2CCCC3(CNC3)C2)cc1. The van der Waals surface area contributed by atoms with Gasteiger partial charge in [-0.1, -0.05) is 19.1 Å². The van der Waals surface area contributed by atoms with Crippen LogP contribution in [0, 0.1) is 5.41 Å². The van der Waals surface area contributed by atoms with E-state index in [2.05, 4.69) is 41.4 Å². The molecule has 2 fully saturated rings. The topological polar surface area (TPSA) is 15.3 Å². The average Bonchev–Trinajstić information content (AvgIpc) is 2.37. The first kappa shape index (κ1) is 11.1. The number of hydrogen-bond donors (Lipinski definition) is 1. The average molecular weight is 230 g/mol. The fourth-order valence-electron chi connectivity index (χ4n) is 3.14. The van der Waals surface area contributed by atoms with E-state index in [4.69, 9.17) is 0 Å². The van der Waals surface area contributed by atoms with Crippen molar-refractivity contribution in [2.45, 2.75) is 26.2 Å². The van der Waals surface area contributed by atoms with Gasteiger partial charge in [0.15, 0.2) is 0 Å². The molecule has 92 valence electrons. The number of benzene rings is 1. The number of nitrogens with zero attached hydrogens (tertiary/aromatic N) is 1. The molecule has 1 aromatic rings. The van der Waals surface area contributed by atoms with Crippen LogP contribution >= 0.6 is 0 Å². The molecule has 2 heteroatoms. The quantitative estimate of drug-likeness (QED) is 0.839. The van der Waals surface area contributed by atoms with Crippen molar-refractivity contribution >= 4 is 5.69 Å². The van der Waals surface area contributed by atoms with E-state index in [1.165, 1.54) is 50.3 Å². The van der Waals surface area contributed by atoms with Crippen LogP contribution in [0.15, 0.2) is 24.3 Å². The predicted molar refractivity (Wildman–Crippen MR) is 72.6 cm³/mol. The highest BCUT2D eigenvalue weighted by molar-refractivity contribution is 5.48. The Kier molecular flexibility index (Phi) is 2.83. The molecular weight excluding hydrogens is 208 g/mol. The van der Waals surface area contributed by atoms with Gasteiger partial charge in [0, 0.05) is 37.3 Å². The smallest absolute Gasteiger partial charge is 0.0366 e. The summed E-state index contributed by atoms with van der Waals surface area (Å²) in [4.78, 5) is 2.57. The van der Waals surface area contributed by atoms with Crippen molar-refractivity contribution in [2.75, 3.05) is 31.1 Å². The lowest BCUT2D eigenvalue weighted by Crippen LogP contribution is -2.61. The molecule has 2 aliphatic heterocycles. The fraction of sp³-hybridized carbons (Fsp3) is 0.600. The van der Waals surface area contributed by atoms with Crippen LogP contribution in [0.1, 0.15) is 25.3 Å². The fourth-order valence-corrected chi connectivity index (χ4v) is 3.14. The molecule has 0 aliphatic carbocycles. The van der Waals surface area contributed by atoms with E-state index in [1.807, 2.05) is 0 Å². The molecule has 0 aromatic heterocycles. The van der Waals surface area contributed by atoms with Gasteiger partial charge in [-0.05, 0) is 37.0 Å². The Labute approximate surface area is 104 Å². The third-order valence-corrected chi connectivity index (χ3v) is 4.37. The highest BCUT2D eigenvalue weighted by Crippen LogP contribution is 2.35. The Balaban J connectivity index is 1.74. The summed E-state index contributed by atoms with van der Waals surface area (Å²) in [7, 11) is 0. The standard InChI is InChI=1S/C15H22N2/c1-2-13-4-6-14(7-5-13)17-9-3-8-15(12-17)10-16-11-15/h4-7,16H,2-3,8-12H2,1H3. The molecule has 1 spiro atoms. The zero-order valence-electron chi connectivity index (χ0n) is 10.7. The molecule has 0 unspecified atom stereocenters. The van der Waals surface area contributed by atoms with E-state index in [0.717, 1.165) is 6.42 Å². The van der Waals surface area contributed by atoms with E-state index in [9.17, 15) is 0 Å². The summed E-state index contributed by atoms with van der Waals surface area (Å²) in [6.45, 7) is 7.12. The molecule has 17 heavy (non-hydrogen) atoms. The molecule has 0 radical (unpaired) electrons. The van der Waals surface area contributed by atoms with Crippen molar-refractivity contribution in [3.63, 3.8) is 0 Å². The van der Waals surface area contributed by atoms with Crippen LogP contribution in [-0.2, 0) is 6.42 Å². The minimum atomic E-state index is 0.585. The van der Waals surface area contributed by atoms with Crippen molar-refractivity contribution in [3.05, 3.63) is 29.8 Å². The zero-order valence-corrected chi connectivity index (χ0v) is 10.7. The maximum absolute atomic E-state index is 3.44. The summed E-state index contributed by atoms with van der Waals surface area (Å²) in [6.07, 6.45) is 3.88. The largest absolute Gasteiger partial charge is 0.371 e. The molecule has 0 bridgehead atoms. The number of aryl methyl sites for hydroxylation is 1. The molecule has 0 atom stereocenters. The predicted octanol–water partition coefficient (Wildman–Crippen LogP) is 2.44. The van der Waals surface area contributed by atoms with Crippen LogP contribution in [0.4, 0.5) is 5.69 Å². The molecule has 0 amide bonds. The Morgan fingerprint density at radius 1 is 1.24 bits per heavy atom. The third-order valence-electron chi connectivity index (χ3n) is 4.37. The van der Waals surface area contributed by atoms with Gasteiger partial charge in [0.05, 0.1) is 0 Å². The highest BCUT2D eigenvalue weighted by Gasteiger charge is 2.40. The summed E-state index contributed by atoms with van der Waals surface area (Å²) in [5.74, 6) is 0. The highest BCUT2D eigenvalue weighted by atomic mass is 15.2. The van der Waals surface area contributed by atoms with Gasteiger partial charge in [0.25, 0.3) is 0 Å². The molecule has 2 heterocycles. The monoisotopic (exact) mass is 230 g/mol. The number of anilines is 1. The third kappa shape index (κ3) is 2.06. The number of rotatable bonds is 2. The van der Waals surface area contributed by atoms with Crippen LogP contribution in [0.3, 0.4) is 0 Å². The van der Waals surface area contributed by atoms with Crippen molar-refractivity contribution in [1.82, 2.24) is 5.32 Å². The lowest BCUT2D eigenvalue weighted by Gasteiger charge is -2.50. The second kappa shape index (κ2) is 4.34. The molecular formula is C15H22N2. The second-order valence-corrected chi connectivity index (χ2v) is 5.65. The van der Waals surface area contributed by atoms with E-state index >= 15 is 0 Å². The van der Waals surface area contributed by atoms with Gasteiger partial charge < -0.3 is 10.2 Å². The summed E-state index contributed by atoms with van der Waals surface area (Å²) >= 11 is 0. The van der Waals surface area contributed by atoms with Gasteiger partial charge >= 0.3 is 0 Å². The Bertz CT molecular complexity index is 378. The van der Waals surface area contributed by atoms with Gasteiger partial charge in [-0.3, -0.25) is 0 Å². The van der Waals surface area contributed by atoms with Crippen LogP contribution in [0.25, 0.3) is 0 Å². The number of nitrogens with one attached hydrogen (secondary N) is 1. The summed E-state index contributed by atoms with van der Waals surface area (Å²) in [5, 5.41) is 3.44. The van der Waals surface area contributed by atoms with Crippen LogP contribution < -0.4 is 10.2 Å². The molecule has 2 aliphatic rings. The van der Waals surface area contributed by atoms with Crippen molar-refractivity contribution in [3.8, 4) is 0 Å². The number of piperidine rings is 1. The van der Waals surface area contributed by atoms with Crippen molar-refractivity contribution in [2.24, 2.45) is 5.41 Å². The zero-order chi connectivity index (χ0) is 11.7. The Morgan fingerprint density at radius 2 is 2.00 bits per heavy atom. The number of hydrogen-bond acceptors (Lipinski definition) is 2. The summed E-state index contributed by atoms with van der Waals surface area (Å²) in [6, 6.07) is 9.14. The first-order valence-electron chi connectivity index (χ1n) is 6.86. The molecule has 2 saturated heterocycles. The summed E-state index contributed by atoms with van der Waals surface area (Å²) in [5.41, 5.74) is 3.43. The molecule has 1 N–H and O–H groups in total. The minimum absolute atomic E-state index is 0.585. The Hall–Kier alpha value is -1.02. The lowest BCUT2D eigenvalue weighted by molar-refractivity contribution is 0.138. The molecule has 3 rings (SSSR count). The van der Waals surface area contributed by atoms with Gasteiger partial charge in [-0.25, -0.2) is 0 Å². The van der Waals surface area contributed by atoms with Crippen LogP contribution in [-0.4, -0.2) is 26.2 Å².